The summed E-state index contributed by atoms with van der Waals surface area (Å²) in [6.45, 7) is 0.485. The second kappa shape index (κ2) is 6.03. The van der Waals surface area contributed by atoms with E-state index in [0.717, 1.165) is 11.3 Å². The van der Waals surface area contributed by atoms with Crippen LogP contribution in [0.1, 0.15) is 5.56 Å². The maximum absolute atomic E-state index is 6.10. The minimum atomic E-state index is 0.485. The third-order valence-corrected chi connectivity index (χ3v) is 3.66. The largest absolute Gasteiger partial charge is 0.380 e. The molecule has 0 unspecified atom stereocenters. The van der Waals surface area contributed by atoms with Crippen LogP contribution in [0, 0.1) is 0 Å². The van der Waals surface area contributed by atoms with Gasteiger partial charge in [-0.25, -0.2) is 0 Å². The van der Waals surface area contributed by atoms with E-state index < -0.39 is 0 Å². The van der Waals surface area contributed by atoms with Crippen LogP contribution in [0.5, 0.6) is 0 Å². The molecular formula is C13H9Cl4N. The smallest absolute Gasteiger partial charge is 0.0637 e. The van der Waals surface area contributed by atoms with Crippen molar-refractivity contribution in [1.29, 1.82) is 0 Å². The molecule has 0 aliphatic rings. The van der Waals surface area contributed by atoms with E-state index in [1.165, 1.54) is 0 Å². The first-order chi connectivity index (χ1) is 8.58. The van der Waals surface area contributed by atoms with Crippen molar-refractivity contribution in [3.63, 3.8) is 0 Å². The highest BCUT2D eigenvalue weighted by Gasteiger charge is 2.08. The molecule has 0 saturated heterocycles. The van der Waals surface area contributed by atoms with Crippen molar-refractivity contribution in [3.05, 3.63) is 62.1 Å². The SMILES string of the molecule is Clc1cc(Cl)c(CNc2ccccc2Cl)c(Cl)c1. The van der Waals surface area contributed by atoms with Crippen molar-refractivity contribution in [3.8, 4) is 0 Å². The van der Waals surface area contributed by atoms with Crippen LogP contribution < -0.4 is 5.32 Å². The summed E-state index contributed by atoms with van der Waals surface area (Å²) in [5.41, 5.74) is 1.63. The molecule has 2 rings (SSSR count). The Morgan fingerprint density at radius 3 is 2.06 bits per heavy atom. The van der Waals surface area contributed by atoms with Crippen molar-refractivity contribution >= 4 is 52.1 Å². The number of halogens is 4. The zero-order valence-corrected chi connectivity index (χ0v) is 12.2. The summed E-state index contributed by atoms with van der Waals surface area (Å²) < 4.78 is 0. The zero-order valence-electron chi connectivity index (χ0n) is 9.18. The molecule has 0 amide bonds. The fourth-order valence-corrected chi connectivity index (χ4v) is 2.68. The molecule has 0 bridgehead atoms. The number of hydrogen-bond acceptors (Lipinski definition) is 1. The molecule has 0 spiro atoms. The van der Waals surface area contributed by atoms with Crippen LogP contribution >= 0.6 is 46.4 Å². The van der Waals surface area contributed by atoms with Crippen LogP contribution in [0.15, 0.2) is 36.4 Å². The summed E-state index contributed by atoms with van der Waals surface area (Å²) in [7, 11) is 0. The van der Waals surface area contributed by atoms with Crippen molar-refractivity contribution in [1.82, 2.24) is 0 Å². The number of benzene rings is 2. The average Bonchev–Trinajstić information content (AvgIpc) is 2.30. The van der Waals surface area contributed by atoms with Crippen LogP contribution in [-0.4, -0.2) is 0 Å². The molecule has 1 nitrogen and oxygen atoms in total. The van der Waals surface area contributed by atoms with Gasteiger partial charge >= 0.3 is 0 Å². The monoisotopic (exact) mass is 319 g/mol. The summed E-state index contributed by atoms with van der Waals surface area (Å²) in [6, 6.07) is 10.8. The van der Waals surface area contributed by atoms with Gasteiger partial charge < -0.3 is 5.32 Å². The highest BCUT2D eigenvalue weighted by Crippen LogP contribution is 2.30. The van der Waals surface area contributed by atoms with Gasteiger partial charge in [0.15, 0.2) is 0 Å². The van der Waals surface area contributed by atoms with E-state index >= 15 is 0 Å². The van der Waals surface area contributed by atoms with Crippen LogP contribution in [0.2, 0.25) is 20.1 Å². The van der Waals surface area contributed by atoms with Crippen LogP contribution in [0.4, 0.5) is 5.69 Å². The second-order valence-electron chi connectivity index (χ2n) is 3.68. The molecule has 94 valence electrons. The Balaban J connectivity index is 2.19. The van der Waals surface area contributed by atoms with E-state index in [4.69, 9.17) is 46.4 Å². The standard InChI is InChI=1S/C13H9Cl4N/c14-8-5-11(16)9(12(17)6-8)7-18-13-4-2-1-3-10(13)15/h1-6,18H,7H2. The lowest BCUT2D eigenvalue weighted by atomic mass is 10.2. The Bertz CT molecular complexity index is 546. The van der Waals surface area contributed by atoms with Gasteiger partial charge in [0.05, 0.1) is 10.7 Å². The lowest BCUT2D eigenvalue weighted by Gasteiger charge is -2.11. The van der Waals surface area contributed by atoms with Gasteiger partial charge in [-0.1, -0.05) is 58.5 Å². The summed E-state index contributed by atoms with van der Waals surface area (Å²) in [5, 5.41) is 5.43. The molecule has 0 atom stereocenters. The van der Waals surface area contributed by atoms with Crippen LogP contribution in [0.25, 0.3) is 0 Å². The van der Waals surface area contributed by atoms with Crippen molar-refractivity contribution in [2.75, 3.05) is 5.32 Å². The molecule has 0 saturated carbocycles. The quantitative estimate of drug-likeness (QED) is 0.741. The molecule has 18 heavy (non-hydrogen) atoms. The van der Waals surface area contributed by atoms with E-state index in [2.05, 4.69) is 5.32 Å². The summed E-state index contributed by atoms with van der Waals surface area (Å²) in [5.74, 6) is 0. The highest BCUT2D eigenvalue weighted by atomic mass is 35.5. The van der Waals surface area contributed by atoms with E-state index in [1.807, 2.05) is 24.3 Å². The predicted octanol–water partition coefficient (Wildman–Crippen LogP) is 5.91. The maximum atomic E-state index is 6.10. The summed E-state index contributed by atoms with van der Waals surface area (Å²) in [4.78, 5) is 0. The van der Waals surface area contributed by atoms with E-state index in [1.54, 1.807) is 12.1 Å². The molecule has 2 aromatic carbocycles. The fraction of sp³-hybridized carbons (Fsp3) is 0.0769. The number of rotatable bonds is 3. The topological polar surface area (TPSA) is 12.0 Å². The fourth-order valence-electron chi connectivity index (χ4n) is 1.53. The van der Waals surface area contributed by atoms with E-state index in [9.17, 15) is 0 Å². The Labute approximate surface area is 126 Å². The number of anilines is 1. The van der Waals surface area contributed by atoms with Crippen LogP contribution in [0.3, 0.4) is 0 Å². The first kappa shape index (κ1) is 13.8. The lowest BCUT2D eigenvalue weighted by Crippen LogP contribution is -2.01. The molecule has 5 heteroatoms. The summed E-state index contributed by atoms with van der Waals surface area (Å²) >= 11 is 24.1. The van der Waals surface area contributed by atoms with Crippen molar-refractivity contribution in [2.45, 2.75) is 6.54 Å². The van der Waals surface area contributed by atoms with Gasteiger partial charge in [-0.05, 0) is 24.3 Å². The number of hydrogen-bond donors (Lipinski definition) is 1. The highest BCUT2D eigenvalue weighted by molar-refractivity contribution is 6.39. The Morgan fingerprint density at radius 2 is 1.44 bits per heavy atom. The molecule has 0 heterocycles. The molecular weight excluding hydrogens is 312 g/mol. The van der Waals surface area contributed by atoms with Gasteiger partial charge in [0, 0.05) is 27.2 Å². The van der Waals surface area contributed by atoms with Gasteiger partial charge in [-0.15, -0.1) is 0 Å². The van der Waals surface area contributed by atoms with Crippen molar-refractivity contribution < 1.29 is 0 Å². The minimum absolute atomic E-state index is 0.485. The zero-order chi connectivity index (χ0) is 13.1. The molecule has 1 N–H and O–H groups in total. The molecule has 0 radical (unpaired) electrons. The molecule has 0 aliphatic heterocycles. The Morgan fingerprint density at radius 1 is 0.833 bits per heavy atom. The lowest BCUT2D eigenvalue weighted by molar-refractivity contribution is 1.15. The van der Waals surface area contributed by atoms with E-state index in [-0.39, 0.29) is 0 Å². The summed E-state index contributed by atoms with van der Waals surface area (Å²) in [6.07, 6.45) is 0. The van der Waals surface area contributed by atoms with E-state index in [0.29, 0.717) is 26.6 Å². The van der Waals surface area contributed by atoms with Gasteiger partial charge in [0.25, 0.3) is 0 Å². The normalized spacial score (nSPS) is 10.4. The van der Waals surface area contributed by atoms with Gasteiger partial charge in [0.2, 0.25) is 0 Å². The molecule has 2 aromatic rings. The first-order valence-corrected chi connectivity index (χ1v) is 6.71. The van der Waals surface area contributed by atoms with Crippen LogP contribution in [-0.2, 0) is 6.54 Å². The molecule has 0 aliphatic carbocycles. The third-order valence-electron chi connectivity index (χ3n) is 2.44. The average molecular weight is 321 g/mol. The minimum Gasteiger partial charge on any atom is -0.380 e. The molecule has 0 fully saturated rings. The van der Waals surface area contributed by atoms with Gasteiger partial charge in [-0.2, -0.15) is 0 Å². The molecule has 0 aromatic heterocycles. The van der Waals surface area contributed by atoms with Gasteiger partial charge in [-0.3, -0.25) is 0 Å². The Hall–Kier alpha value is -0.600. The number of para-hydroxylation sites is 1. The second-order valence-corrected chi connectivity index (χ2v) is 5.34. The first-order valence-electron chi connectivity index (χ1n) is 5.20. The maximum Gasteiger partial charge on any atom is 0.0637 e. The predicted molar refractivity (Wildman–Crippen MR) is 80.3 cm³/mol. The van der Waals surface area contributed by atoms with Crippen molar-refractivity contribution in [2.24, 2.45) is 0 Å². The third kappa shape index (κ3) is 3.24. The van der Waals surface area contributed by atoms with Gasteiger partial charge in [0.1, 0.15) is 0 Å². The number of nitrogens with one attached hydrogen (secondary N) is 1. The Kier molecular flexibility index (Phi) is 4.63.